The number of benzene rings is 2. The van der Waals surface area contributed by atoms with Gasteiger partial charge in [0.15, 0.2) is 0 Å². The minimum Gasteiger partial charge on any atom is -0.397 e. The van der Waals surface area contributed by atoms with Crippen molar-refractivity contribution in [3.63, 3.8) is 0 Å². The molecule has 3 N–H and O–H groups in total. The largest absolute Gasteiger partial charge is 0.397 e. The predicted octanol–water partition coefficient (Wildman–Crippen LogP) is 3.08. The minimum absolute atomic E-state index is 0.0308. The Kier molecular flexibility index (Phi) is 4.98. The Balaban J connectivity index is 1.81. The highest BCUT2D eigenvalue weighted by Gasteiger charge is 2.06. The third-order valence-electron chi connectivity index (χ3n) is 2.63. The van der Waals surface area contributed by atoms with Crippen LogP contribution in [0.1, 0.15) is 5.56 Å². The molecule has 0 aliphatic rings. The van der Waals surface area contributed by atoms with Crippen molar-refractivity contribution in [3.05, 3.63) is 59.1 Å². The van der Waals surface area contributed by atoms with Crippen LogP contribution >= 0.6 is 11.6 Å². The molecule has 104 valence electrons. The first-order valence-corrected chi connectivity index (χ1v) is 6.49. The lowest BCUT2D eigenvalue weighted by molar-refractivity contribution is -0.121. The smallest absolute Gasteiger partial charge is 0.250 e. The van der Waals surface area contributed by atoms with E-state index in [1.54, 1.807) is 18.2 Å². The van der Waals surface area contributed by atoms with Gasteiger partial charge in [-0.3, -0.25) is 4.79 Å². The Hall–Kier alpha value is -2.04. The topological polar surface area (TPSA) is 64.3 Å². The number of carbonyl (C=O) groups excluding carboxylic acids is 1. The first-order valence-electron chi connectivity index (χ1n) is 6.11. The van der Waals surface area contributed by atoms with Crippen LogP contribution in [0, 0.1) is 0 Å². The molecule has 2 aromatic carbocycles. The van der Waals surface area contributed by atoms with Gasteiger partial charge in [0.1, 0.15) is 6.61 Å². The van der Waals surface area contributed by atoms with Crippen LogP contribution in [0.2, 0.25) is 5.02 Å². The van der Waals surface area contributed by atoms with Gasteiger partial charge in [0.25, 0.3) is 0 Å². The van der Waals surface area contributed by atoms with Crippen molar-refractivity contribution in [1.82, 2.24) is 0 Å². The van der Waals surface area contributed by atoms with Crippen molar-refractivity contribution in [2.45, 2.75) is 6.61 Å². The van der Waals surface area contributed by atoms with Crippen LogP contribution < -0.4 is 11.1 Å². The lowest BCUT2D eigenvalue weighted by atomic mass is 10.2. The predicted molar refractivity (Wildman–Crippen MR) is 80.6 cm³/mol. The Morgan fingerprint density at radius 2 is 1.95 bits per heavy atom. The monoisotopic (exact) mass is 290 g/mol. The number of hydrogen-bond donors (Lipinski definition) is 2. The van der Waals surface area contributed by atoms with Crippen molar-refractivity contribution in [3.8, 4) is 0 Å². The molecule has 0 atom stereocenters. The summed E-state index contributed by atoms with van der Waals surface area (Å²) in [7, 11) is 0. The second-order valence-electron chi connectivity index (χ2n) is 4.26. The molecule has 0 aliphatic heterocycles. The van der Waals surface area contributed by atoms with E-state index < -0.39 is 0 Å². The molecule has 0 heterocycles. The summed E-state index contributed by atoms with van der Waals surface area (Å²) in [5, 5.41) is 3.20. The van der Waals surface area contributed by atoms with E-state index in [9.17, 15) is 4.79 Å². The van der Waals surface area contributed by atoms with E-state index in [-0.39, 0.29) is 12.5 Å². The summed E-state index contributed by atoms with van der Waals surface area (Å²) in [6.45, 7) is 0.362. The van der Waals surface area contributed by atoms with Crippen LogP contribution in [0.25, 0.3) is 0 Å². The zero-order valence-corrected chi connectivity index (χ0v) is 11.6. The molecule has 2 rings (SSSR count). The zero-order valence-electron chi connectivity index (χ0n) is 10.8. The average Bonchev–Trinajstić information content (AvgIpc) is 2.43. The third kappa shape index (κ3) is 4.26. The second kappa shape index (κ2) is 6.93. The quantitative estimate of drug-likeness (QED) is 0.832. The first kappa shape index (κ1) is 14.4. The molecule has 4 nitrogen and oxygen atoms in total. The van der Waals surface area contributed by atoms with Gasteiger partial charge >= 0.3 is 0 Å². The summed E-state index contributed by atoms with van der Waals surface area (Å²) in [6, 6.07) is 14.6. The van der Waals surface area contributed by atoms with E-state index in [1.807, 2.05) is 30.3 Å². The van der Waals surface area contributed by atoms with E-state index in [1.165, 1.54) is 0 Å². The van der Waals surface area contributed by atoms with Crippen LogP contribution in [-0.4, -0.2) is 12.5 Å². The maximum atomic E-state index is 11.7. The van der Waals surface area contributed by atoms with Gasteiger partial charge in [-0.2, -0.15) is 0 Å². The number of rotatable bonds is 5. The number of nitrogens with one attached hydrogen (secondary N) is 1. The standard InChI is InChI=1S/C15H15ClN2O2/c16-12-6-7-14(13(17)8-12)18-15(19)10-20-9-11-4-2-1-3-5-11/h1-8H,9-10,17H2,(H,18,19). The molecule has 0 radical (unpaired) electrons. The number of halogens is 1. The molecule has 5 heteroatoms. The molecule has 20 heavy (non-hydrogen) atoms. The Morgan fingerprint density at radius 3 is 2.65 bits per heavy atom. The van der Waals surface area contributed by atoms with Gasteiger partial charge in [-0.25, -0.2) is 0 Å². The van der Waals surface area contributed by atoms with Gasteiger partial charge in [-0.05, 0) is 23.8 Å². The molecule has 0 aliphatic carbocycles. The fourth-order valence-corrected chi connectivity index (χ4v) is 1.85. The SMILES string of the molecule is Nc1cc(Cl)ccc1NC(=O)COCc1ccccc1. The number of nitrogen functional groups attached to an aromatic ring is 1. The molecule has 1 amide bonds. The van der Waals surface area contributed by atoms with Gasteiger partial charge < -0.3 is 15.8 Å². The maximum absolute atomic E-state index is 11.7. The second-order valence-corrected chi connectivity index (χ2v) is 4.69. The Bertz CT molecular complexity index is 588. The highest BCUT2D eigenvalue weighted by Crippen LogP contribution is 2.22. The van der Waals surface area contributed by atoms with E-state index in [0.29, 0.717) is 23.0 Å². The number of nitrogens with two attached hydrogens (primary N) is 1. The molecular weight excluding hydrogens is 276 g/mol. The summed E-state index contributed by atoms with van der Waals surface area (Å²) < 4.78 is 5.34. The molecule has 0 unspecified atom stereocenters. The van der Waals surface area contributed by atoms with Crippen LogP contribution in [0.5, 0.6) is 0 Å². The number of carbonyl (C=O) groups is 1. The van der Waals surface area contributed by atoms with Crippen LogP contribution in [0.15, 0.2) is 48.5 Å². The molecule has 0 spiro atoms. The zero-order chi connectivity index (χ0) is 14.4. The van der Waals surface area contributed by atoms with Crippen LogP contribution in [-0.2, 0) is 16.1 Å². The number of hydrogen-bond acceptors (Lipinski definition) is 3. The first-order chi connectivity index (χ1) is 9.65. The van der Waals surface area contributed by atoms with Gasteiger partial charge in [-0.15, -0.1) is 0 Å². The van der Waals surface area contributed by atoms with Gasteiger partial charge in [0.05, 0.1) is 18.0 Å². The molecule has 0 saturated heterocycles. The molecule has 2 aromatic rings. The third-order valence-corrected chi connectivity index (χ3v) is 2.87. The van der Waals surface area contributed by atoms with Gasteiger partial charge in [0.2, 0.25) is 5.91 Å². The number of amides is 1. The summed E-state index contributed by atoms with van der Waals surface area (Å²) >= 11 is 5.79. The van der Waals surface area contributed by atoms with Crippen molar-refractivity contribution in [2.24, 2.45) is 0 Å². The molecule has 0 saturated carbocycles. The van der Waals surface area contributed by atoms with Gasteiger partial charge in [0, 0.05) is 5.02 Å². The van der Waals surface area contributed by atoms with E-state index in [0.717, 1.165) is 5.56 Å². The lowest BCUT2D eigenvalue weighted by Gasteiger charge is -2.09. The molecule has 0 fully saturated rings. The summed E-state index contributed by atoms with van der Waals surface area (Å²) in [4.78, 5) is 11.7. The van der Waals surface area contributed by atoms with E-state index in [2.05, 4.69) is 5.32 Å². The van der Waals surface area contributed by atoms with E-state index in [4.69, 9.17) is 22.1 Å². The van der Waals surface area contributed by atoms with Crippen molar-refractivity contribution >= 4 is 28.9 Å². The number of ether oxygens (including phenoxy) is 1. The van der Waals surface area contributed by atoms with Crippen molar-refractivity contribution < 1.29 is 9.53 Å². The molecular formula is C15H15ClN2O2. The highest BCUT2D eigenvalue weighted by atomic mass is 35.5. The normalized spacial score (nSPS) is 10.2. The lowest BCUT2D eigenvalue weighted by Crippen LogP contribution is -2.19. The van der Waals surface area contributed by atoms with Crippen molar-refractivity contribution in [1.29, 1.82) is 0 Å². The number of anilines is 2. The summed E-state index contributed by atoms with van der Waals surface area (Å²) in [5.74, 6) is -0.255. The van der Waals surface area contributed by atoms with E-state index >= 15 is 0 Å². The highest BCUT2D eigenvalue weighted by molar-refractivity contribution is 6.31. The molecule has 0 bridgehead atoms. The van der Waals surface area contributed by atoms with Crippen LogP contribution in [0.3, 0.4) is 0 Å². The summed E-state index contributed by atoms with van der Waals surface area (Å²) in [6.07, 6.45) is 0. The maximum Gasteiger partial charge on any atom is 0.250 e. The fourth-order valence-electron chi connectivity index (χ4n) is 1.67. The fraction of sp³-hybridized carbons (Fsp3) is 0.133. The molecule has 0 aromatic heterocycles. The Morgan fingerprint density at radius 1 is 1.20 bits per heavy atom. The average molecular weight is 291 g/mol. The Labute approximate surface area is 122 Å². The minimum atomic E-state index is -0.255. The van der Waals surface area contributed by atoms with Gasteiger partial charge in [-0.1, -0.05) is 41.9 Å². The summed E-state index contributed by atoms with van der Waals surface area (Å²) in [5.41, 5.74) is 7.72. The van der Waals surface area contributed by atoms with Crippen molar-refractivity contribution in [2.75, 3.05) is 17.7 Å². The van der Waals surface area contributed by atoms with Crippen LogP contribution in [0.4, 0.5) is 11.4 Å².